The summed E-state index contributed by atoms with van der Waals surface area (Å²) in [6.45, 7) is 13.0. The van der Waals surface area contributed by atoms with Crippen molar-refractivity contribution < 1.29 is 23.8 Å². The van der Waals surface area contributed by atoms with Crippen molar-refractivity contribution in [1.82, 2.24) is 0 Å². The fraction of sp³-hybridized carbons (Fsp3) is 0.867. The van der Waals surface area contributed by atoms with Gasteiger partial charge in [-0.1, -0.05) is 13.8 Å². The molecule has 0 aromatic rings. The van der Waals surface area contributed by atoms with E-state index < -0.39 is 5.41 Å². The molecule has 0 aliphatic rings. The molecule has 0 aromatic carbocycles. The first-order valence-corrected chi connectivity index (χ1v) is 7.03. The standard InChI is InChI=1S/C15H28O5/c1-10(2)13(16)19-8-11(3)18-9-12(4)20-14(17)15(5,6)7/h10-12H,8-9H2,1-7H3. The minimum absolute atomic E-state index is 0.145. The molecule has 118 valence electrons. The lowest BCUT2D eigenvalue weighted by molar-refractivity contribution is -0.162. The molecule has 0 aliphatic carbocycles. The number of ether oxygens (including phenoxy) is 3. The minimum atomic E-state index is -0.521. The van der Waals surface area contributed by atoms with Crippen molar-refractivity contribution in [2.24, 2.45) is 11.3 Å². The molecule has 0 N–H and O–H groups in total. The van der Waals surface area contributed by atoms with E-state index in [2.05, 4.69) is 0 Å². The van der Waals surface area contributed by atoms with Crippen molar-refractivity contribution in [1.29, 1.82) is 0 Å². The summed E-state index contributed by atoms with van der Waals surface area (Å²) in [5.74, 6) is -0.644. The van der Waals surface area contributed by atoms with Crippen LogP contribution < -0.4 is 0 Å². The molecule has 0 rings (SSSR count). The summed E-state index contributed by atoms with van der Waals surface area (Å²) in [7, 11) is 0. The molecule has 20 heavy (non-hydrogen) atoms. The number of carbonyl (C=O) groups excluding carboxylic acids is 2. The van der Waals surface area contributed by atoms with Crippen LogP contribution in [0.25, 0.3) is 0 Å². The number of esters is 2. The molecule has 0 saturated heterocycles. The van der Waals surface area contributed by atoms with Crippen LogP contribution in [0.5, 0.6) is 0 Å². The van der Waals surface area contributed by atoms with E-state index in [0.717, 1.165) is 0 Å². The zero-order valence-corrected chi connectivity index (χ0v) is 13.7. The van der Waals surface area contributed by atoms with Crippen molar-refractivity contribution in [2.75, 3.05) is 13.2 Å². The second-order valence-corrected chi connectivity index (χ2v) is 6.39. The molecule has 5 nitrogen and oxygen atoms in total. The first kappa shape index (κ1) is 18.9. The first-order valence-electron chi connectivity index (χ1n) is 7.03. The van der Waals surface area contributed by atoms with Crippen molar-refractivity contribution in [2.45, 2.75) is 60.7 Å². The second-order valence-electron chi connectivity index (χ2n) is 6.39. The largest absolute Gasteiger partial charge is 0.463 e. The van der Waals surface area contributed by atoms with Gasteiger partial charge in [0.25, 0.3) is 0 Å². The van der Waals surface area contributed by atoms with Crippen molar-refractivity contribution in [3.8, 4) is 0 Å². The van der Waals surface area contributed by atoms with E-state index in [9.17, 15) is 9.59 Å². The molecule has 0 amide bonds. The lowest BCUT2D eigenvalue weighted by atomic mass is 9.97. The van der Waals surface area contributed by atoms with Gasteiger partial charge in [0, 0.05) is 0 Å². The van der Waals surface area contributed by atoms with Crippen LogP contribution in [-0.4, -0.2) is 37.4 Å². The molecular weight excluding hydrogens is 260 g/mol. The second kappa shape index (κ2) is 8.25. The summed E-state index contributed by atoms with van der Waals surface area (Å²) < 4.78 is 15.8. The molecule has 2 atom stereocenters. The molecule has 0 aromatic heterocycles. The predicted molar refractivity (Wildman–Crippen MR) is 76.2 cm³/mol. The molecule has 0 spiro atoms. The number of rotatable bonds is 7. The van der Waals surface area contributed by atoms with Gasteiger partial charge in [0.2, 0.25) is 0 Å². The Labute approximate surface area is 122 Å². The number of hydrogen-bond acceptors (Lipinski definition) is 5. The first-order chi connectivity index (χ1) is 9.04. The predicted octanol–water partition coefficient (Wildman–Crippen LogP) is 2.57. The zero-order chi connectivity index (χ0) is 15.9. The van der Waals surface area contributed by atoms with Crippen LogP contribution in [0.1, 0.15) is 48.5 Å². The topological polar surface area (TPSA) is 61.8 Å². The van der Waals surface area contributed by atoms with E-state index in [0.29, 0.717) is 0 Å². The molecule has 0 saturated carbocycles. The van der Waals surface area contributed by atoms with Crippen LogP contribution in [0.4, 0.5) is 0 Å². The highest BCUT2D eigenvalue weighted by Gasteiger charge is 2.25. The van der Waals surface area contributed by atoms with Gasteiger partial charge in [-0.25, -0.2) is 0 Å². The SMILES string of the molecule is CC(COC(=O)C(C)C)OCC(C)OC(=O)C(C)(C)C. The molecule has 0 bridgehead atoms. The highest BCUT2D eigenvalue weighted by atomic mass is 16.6. The van der Waals surface area contributed by atoms with Crippen LogP contribution in [-0.2, 0) is 23.8 Å². The van der Waals surface area contributed by atoms with E-state index >= 15 is 0 Å². The van der Waals surface area contributed by atoms with Gasteiger partial charge in [-0.05, 0) is 34.6 Å². The summed E-state index contributed by atoms with van der Waals surface area (Å²) in [6.07, 6.45) is -0.557. The Morgan fingerprint density at radius 3 is 1.95 bits per heavy atom. The summed E-state index contributed by atoms with van der Waals surface area (Å²) in [5, 5.41) is 0. The maximum absolute atomic E-state index is 11.7. The number of carbonyl (C=O) groups is 2. The summed E-state index contributed by atoms with van der Waals surface area (Å²) in [4.78, 5) is 23.0. The fourth-order valence-corrected chi connectivity index (χ4v) is 1.11. The monoisotopic (exact) mass is 288 g/mol. The number of hydrogen-bond donors (Lipinski definition) is 0. The quantitative estimate of drug-likeness (QED) is 0.674. The van der Waals surface area contributed by atoms with Crippen LogP contribution in [0.2, 0.25) is 0 Å². The smallest absolute Gasteiger partial charge is 0.311 e. The van der Waals surface area contributed by atoms with Crippen LogP contribution in [0.15, 0.2) is 0 Å². The lowest BCUT2D eigenvalue weighted by Gasteiger charge is -2.22. The Balaban J connectivity index is 3.92. The Bertz CT molecular complexity index is 317. The molecule has 0 heterocycles. The molecule has 0 radical (unpaired) electrons. The van der Waals surface area contributed by atoms with Gasteiger partial charge < -0.3 is 14.2 Å². The molecular formula is C15H28O5. The van der Waals surface area contributed by atoms with Gasteiger partial charge in [-0.15, -0.1) is 0 Å². The van der Waals surface area contributed by atoms with Crippen LogP contribution in [0.3, 0.4) is 0 Å². The fourth-order valence-electron chi connectivity index (χ4n) is 1.11. The van der Waals surface area contributed by atoms with Gasteiger partial charge in [-0.3, -0.25) is 9.59 Å². The van der Waals surface area contributed by atoms with Gasteiger partial charge in [0.1, 0.15) is 12.7 Å². The Hall–Kier alpha value is -1.10. The Morgan fingerprint density at radius 1 is 0.950 bits per heavy atom. The highest BCUT2D eigenvalue weighted by Crippen LogP contribution is 2.16. The van der Waals surface area contributed by atoms with Crippen molar-refractivity contribution in [3.05, 3.63) is 0 Å². The van der Waals surface area contributed by atoms with Gasteiger partial charge in [0.05, 0.1) is 24.0 Å². The Kier molecular flexibility index (Phi) is 7.79. The Morgan fingerprint density at radius 2 is 1.50 bits per heavy atom. The molecule has 2 unspecified atom stereocenters. The van der Waals surface area contributed by atoms with Crippen molar-refractivity contribution in [3.63, 3.8) is 0 Å². The van der Waals surface area contributed by atoms with E-state index in [1.165, 1.54) is 0 Å². The average Bonchev–Trinajstić information content (AvgIpc) is 2.31. The maximum atomic E-state index is 11.7. The lowest BCUT2D eigenvalue weighted by Crippen LogP contribution is -2.31. The molecule has 0 aliphatic heterocycles. The average molecular weight is 288 g/mol. The molecule has 5 heteroatoms. The van der Waals surface area contributed by atoms with Gasteiger partial charge in [-0.2, -0.15) is 0 Å². The van der Waals surface area contributed by atoms with Gasteiger partial charge in [0.15, 0.2) is 0 Å². The third-order valence-electron chi connectivity index (χ3n) is 2.47. The summed E-state index contributed by atoms with van der Waals surface area (Å²) >= 11 is 0. The van der Waals surface area contributed by atoms with Crippen LogP contribution in [0, 0.1) is 11.3 Å². The van der Waals surface area contributed by atoms with Crippen LogP contribution >= 0.6 is 0 Å². The maximum Gasteiger partial charge on any atom is 0.311 e. The third-order valence-corrected chi connectivity index (χ3v) is 2.47. The van der Waals surface area contributed by atoms with E-state index in [4.69, 9.17) is 14.2 Å². The summed E-state index contributed by atoms with van der Waals surface area (Å²) in [5.41, 5.74) is -0.521. The van der Waals surface area contributed by atoms with Gasteiger partial charge >= 0.3 is 11.9 Å². The van der Waals surface area contributed by atoms with E-state index in [1.807, 2.05) is 6.92 Å². The highest BCUT2D eigenvalue weighted by molar-refractivity contribution is 5.75. The molecule has 0 fully saturated rings. The van der Waals surface area contributed by atoms with Crippen molar-refractivity contribution >= 4 is 11.9 Å². The minimum Gasteiger partial charge on any atom is -0.463 e. The van der Waals surface area contributed by atoms with E-state index in [1.54, 1.807) is 41.5 Å². The zero-order valence-electron chi connectivity index (χ0n) is 13.7. The van der Waals surface area contributed by atoms with E-state index in [-0.39, 0.29) is 43.3 Å². The third kappa shape index (κ3) is 8.15. The summed E-state index contributed by atoms with van der Waals surface area (Å²) in [6, 6.07) is 0. The normalized spacial score (nSPS) is 14.8.